The molecule has 0 atom stereocenters. The first-order chi connectivity index (χ1) is 35.4. The smallest absolute Gasteiger partial charge is 0.490 e. The third-order valence-corrected chi connectivity index (χ3v) is 12.6. The van der Waals surface area contributed by atoms with Gasteiger partial charge in [-0.05, 0) is 109 Å². The fourth-order valence-corrected chi connectivity index (χ4v) is 8.41. The molecule has 4 aromatic carbocycles. The number of benzene rings is 4. The number of hydrogen-bond donors (Lipinski definition) is 0. The molecule has 0 spiro atoms. The standard InChI is InChI=1S/C58H64N8O6.Ni/c1-8-15-23-67-45-30-39-40(31-46(45)68-24-16-9-2)55-62-53(39)60-51-37-22-21-36(14-7)29-38(37)52(59-51)61-54-41-32-47(69-25-17-10-3)48(70-26-18-11-4)33-42(41)56(63-54)65-58-44-35-50(72-28-20-13-6)49(71-27-19-12-5)34-43(44)57(64-55)66-58;/h7,21-22,29-35H,8-13,15-20,23-28H2,1-6H3;/q-2;+2. The molecule has 73 heavy (non-hydrogen) atoms. The van der Waals surface area contributed by atoms with Crippen LogP contribution in [0.5, 0.6) is 34.5 Å². The maximum absolute atomic E-state index is 6.46. The van der Waals surface area contributed by atoms with Gasteiger partial charge in [0, 0.05) is 50.4 Å². The Morgan fingerprint density at radius 3 is 0.932 bits per heavy atom. The van der Waals surface area contributed by atoms with Gasteiger partial charge in [0.2, 0.25) is 0 Å². The Kier molecular flexibility index (Phi) is 17.7. The third kappa shape index (κ3) is 11.5. The Labute approximate surface area is 437 Å². The van der Waals surface area contributed by atoms with Crippen molar-refractivity contribution < 1.29 is 44.9 Å². The Hall–Kier alpha value is -6.91. The number of rotatable bonds is 24. The summed E-state index contributed by atoms with van der Waals surface area (Å²) in [5.74, 6) is 7.94. The van der Waals surface area contributed by atoms with Gasteiger partial charge in [0.05, 0.1) is 62.9 Å². The molecule has 3 aromatic heterocycles. The minimum atomic E-state index is 0. The van der Waals surface area contributed by atoms with Gasteiger partial charge in [-0.2, -0.15) is 0 Å². The van der Waals surface area contributed by atoms with E-state index in [0.29, 0.717) is 164 Å². The molecular formula is C58H64N8NiO6. The molecule has 8 bridgehead atoms. The summed E-state index contributed by atoms with van der Waals surface area (Å²) in [4.78, 5) is 41.8. The molecule has 2 aliphatic heterocycles. The number of ether oxygens (including phenoxy) is 6. The summed E-state index contributed by atoms with van der Waals surface area (Å²) in [6.07, 6.45) is 17.1. The van der Waals surface area contributed by atoms with Crippen LogP contribution in [0.15, 0.2) is 54.6 Å². The van der Waals surface area contributed by atoms with Crippen molar-refractivity contribution in [3.05, 3.63) is 60.2 Å². The molecule has 382 valence electrons. The van der Waals surface area contributed by atoms with Crippen molar-refractivity contribution in [1.82, 2.24) is 39.9 Å². The van der Waals surface area contributed by atoms with E-state index in [0.717, 1.165) is 82.4 Å². The maximum Gasteiger partial charge on any atom is 2.00 e. The van der Waals surface area contributed by atoms with E-state index in [2.05, 4.69) is 47.5 Å². The third-order valence-electron chi connectivity index (χ3n) is 12.6. The van der Waals surface area contributed by atoms with Crippen LogP contribution in [0.2, 0.25) is 0 Å². The summed E-state index contributed by atoms with van der Waals surface area (Å²) in [5.41, 5.74) is 5.04. The molecule has 5 heterocycles. The van der Waals surface area contributed by atoms with Crippen LogP contribution in [-0.2, 0) is 16.5 Å². The van der Waals surface area contributed by atoms with Gasteiger partial charge in [0.1, 0.15) is 0 Å². The van der Waals surface area contributed by atoms with Crippen LogP contribution in [0.25, 0.3) is 89.7 Å². The van der Waals surface area contributed by atoms with E-state index in [1.54, 1.807) is 0 Å². The van der Waals surface area contributed by atoms with Crippen molar-refractivity contribution in [2.45, 2.75) is 119 Å². The summed E-state index contributed by atoms with van der Waals surface area (Å²) >= 11 is 0. The quantitative estimate of drug-likeness (QED) is 0.0319. The molecular weight excluding hydrogens is 963 g/mol. The SMILES string of the molecule is C#Cc1ccc2c3nc4nc(nc5[n-]c(nc6nc(nc([n-]3)c2c1)-c1cc(OCCCC)c(OCCCC)cc1-6)c1cc(OCCCC)c(OCCCC)cc51)-c1cc(OCCCC)c(OCCCC)cc1-4.[Ni+2]. The first-order valence-electron chi connectivity index (χ1n) is 26.0. The summed E-state index contributed by atoms with van der Waals surface area (Å²) in [5, 5.41) is 2.85. The molecule has 0 saturated heterocycles. The molecule has 9 rings (SSSR count). The maximum atomic E-state index is 6.46. The van der Waals surface area contributed by atoms with Gasteiger partial charge in [-0.1, -0.05) is 92.1 Å². The molecule has 15 heteroatoms. The zero-order chi connectivity index (χ0) is 50.0. The first-order valence-corrected chi connectivity index (χ1v) is 26.0. The summed E-state index contributed by atoms with van der Waals surface area (Å²) in [6, 6.07) is 17.5. The Morgan fingerprint density at radius 1 is 0.370 bits per heavy atom. The van der Waals surface area contributed by atoms with Crippen molar-refractivity contribution in [2.24, 2.45) is 0 Å². The number of terminal acetylenes is 1. The fraction of sp³-hybridized carbons (Fsp3) is 0.414. The topological polar surface area (TPSA) is 161 Å². The summed E-state index contributed by atoms with van der Waals surface area (Å²) in [7, 11) is 0. The van der Waals surface area contributed by atoms with Crippen molar-refractivity contribution in [1.29, 1.82) is 0 Å². The molecule has 7 aromatic rings. The van der Waals surface area contributed by atoms with Crippen molar-refractivity contribution in [3.8, 4) is 92.4 Å². The van der Waals surface area contributed by atoms with Crippen LogP contribution >= 0.6 is 0 Å². The predicted molar refractivity (Wildman–Crippen MR) is 284 cm³/mol. The molecule has 0 saturated carbocycles. The van der Waals surface area contributed by atoms with E-state index in [1.165, 1.54) is 0 Å². The Morgan fingerprint density at radius 2 is 0.644 bits per heavy atom. The molecule has 14 nitrogen and oxygen atoms in total. The van der Waals surface area contributed by atoms with Crippen molar-refractivity contribution in [2.75, 3.05) is 39.6 Å². The number of aromatic nitrogens is 8. The Bertz CT molecular complexity index is 3290. The van der Waals surface area contributed by atoms with Gasteiger partial charge in [0.15, 0.2) is 34.5 Å². The molecule has 2 aliphatic rings. The fourth-order valence-electron chi connectivity index (χ4n) is 8.41. The first kappa shape index (κ1) is 52.4. The van der Waals surface area contributed by atoms with Crippen molar-refractivity contribution >= 4 is 44.1 Å². The van der Waals surface area contributed by atoms with E-state index >= 15 is 0 Å². The van der Waals surface area contributed by atoms with E-state index in [-0.39, 0.29) is 16.5 Å². The number of nitrogens with zero attached hydrogens (tertiary/aromatic N) is 8. The van der Waals surface area contributed by atoms with E-state index < -0.39 is 0 Å². The summed E-state index contributed by atoms with van der Waals surface area (Å²) < 4.78 is 38.7. The average Bonchev–Trinajstić information content (AvgIpc) is 4.11. The van der Waals surface area contributed by atoms with E-state index in [1.807, 2.05) is 54.6 Å². The zero-order valence-electron chi connectivity index (χ0n) is 42.8. The van der Waals surface area contributed by atoms with Gasteiger partial charge < -0.3 is 58.3 Å². The predicted octanol–water partition coefficient (Wildman–Crippen LogP) is 13.2. The molecule has 0 radical (unpaired) electrons. The van der Waals surface area contributed by atoms with Gasteiger partial charge >= 0.3 is 16.5 Å². The molecule has 0 fully saturated rings. The van der Waals surface area contributed by atoms with Gasteiger partial charge in [-0.15, -0.1) is 6.42 Å². The van der Waals surface area contributed by atoms with Crippen LogP contribution in [0.4, 0.5) is 0 Å². The van der Waals surface area contributed by atoms with Crippen LogP contribution < -0.4 is 38.4 Å². The van der Waals surface area contributed by atoms with Crippen LogP contribution in [-0.4, -0.2) is 69.5 Å². The van der Waals surface area contributed by atoms with Crippen LogP contribution in [0, 0.1) is 12.3 Å². The zero-order valence-corrected chi connectivity index (χ0v) is 43.8. The number of hydrogen-bond acceptors (Lipinski definition) is 12. The van der Waals surface area contributed by atoms with Gasteiger partial charge in [-0.3, -0.25) is 0 Å². The minimum Gasteiger partial charge on any atom is -0.490 e. The van der Waals surface area contributed by atoms with Crippen LogP contribution in [0.1, 0.15) is 124 Å². The second-order valence-corrected chi connectivity index (χ2v) is 18.1. The Balaban J connectivity index is 0.00000711. The molecule has 0 unspecified atom stereocenters. The van der Waals surface area contributed by atoms with E-state index in [9.17, 15) is 0 Å². The van der Waals surface area contributed by atoms with Gasteiger partial charge in [-0.25, -0.2) is 9.97 Å². The van der Waals surface area contributed by atoms with Crippen molar-refractivity contribution in [3.63, 3.8) is 0 Å². The molecule has 0 aliphatic carbocycles. The summed E-state index contributed by atoms with van der Waals surface area (Å²) in [6.45, 7) is 16.0. The monoisotopic (exact) mass is 1030 g/mol. The second kappa shape index (κ2) is 24.7. The average molecular weight is 1030 g/mol. The van der Waals surface area contributed by atoms with E-state index in [4.69, 9.17) is 74.7 Å². The molecule has 0 N–H and O–H groups in total. The van der Waals surface area contributed by atoms with Gasteiger partial charge in [0.25, 0.3) is 0 Å². The largest absolute Gasteiger partial charge is 2.00 e. The minimum absolute atomic E-state index is 0. The number of unbranched alkanes of at least 4 members (excludes halogenated alkanes) is 6. The normalized spacial score (nSPS) is 11.5. The number of fused-ring (bicyclic) bond motifs is 20. The second-order valence-electron chi connectivity index (χ2n) is 18.1. The van der Waals surface area contributed by atoms with Crippen LogP contribution in [0.3, 0.4) is 0 Å². The molecule has 0 amide bonds.